The van der Waals surface area contributed by atoms with E-state index < -0.39 is 0 Å². The molecule has 0 aromatic heterocycles. The van der Waals surface area contributed by atoms with Gasteiger partial charge in [0.1, 0.15) is 5.75 Å². The quantitative estimate of drug-likeness (QED) is 0.830. The number of ether oxygens (including phenoxy) is 1. The van der Waals surface area contributed by atoms with Crippen molar-refractivity contribution in [1.29, 1.82) is 0 Å². The molecule has 1 aliphatic rings. The fourth-order valence-electron chi connectivity index (χ4n) is 2.78. The monoisotopic (exact) mass is 276 g/mol. The maximum Gasteiger partial charge on any atom is 0.226 e. The Kier molecular flexibility index (Phi) is 5.87. The summed E-state index contributed by atoms with van der Waals surface area (Å²) in [6, 6.07) is 9.99. The number of nitrogens with two attached hydrogens (primary N) is 1. The first-order valence-electron chi connectivity index (χ1n) is 7.48. The minimum absolute atomic E-state index is 0.165. The number of carbonyl (C=O) groups is 1. The molecule has 20 heavy (non-hydrogen) atoms. The number of amides is 1. The van der Waals surface area contributed by atoms with Crippen molar-refractivity contribution >= 4 is 5.91 Å². The summed E-state index contributed by atoms with van der Waals surface area (Å²) in [6.45, 7) is 1.62. The molecule has 110 valence electrons. The molecule has 1 amide bonds. The molecule has 0 aliphatic heterocycles. The third-order valence-electron chi connectivity index (χ3n) is 3.78. The molecule has 2 rings (SSSR count). The first-order chi connectivity index (χ1) is 9.81. The number of nitrogens with zero attached hydrogens (tertiary/aromatic N) is 1. The van der Waals surface area contributed by atoms with Gasteiger partial charge in [-0.2, -0.15) is 0 Å². The molecule has 0 bridgehead atoms. The normalized spacial score (nSPS) is 15.2. The highest BCUT2D eigenvalue weighted by Crippen LogP contribution is 2.23. The zero-order chi connectivity index (χ0) is 14.2. The van der Waals surface area contributed by atoms with E-state index in [4.69, 9.17) is 10.5 Å². The fraction of sp³-hybridized carbons (Fsp3) is 0.562. The van der Waals surface area contributed by atoms with Crippen molar-refractivity contribution in [3.8, 4) is 5.75 Å². The lowest BCUT2D eigenvalue weighted by Crippen LogP contribution is -2.42. The van der Waals surface area contributed by atoms with Crippen LogP contribution in [-0.2, 0) is 4.79 Å². The van der Waals surface area contributed by atoms with Gasteiger partial charge in [-0.1, -0.05) is 31.0 Å². The molecule has 0 heterocycles. The molecule has 1 aromatic carbocycles. The maximum atomic E-state index is 12.3. The van der Waals surface area contributed by atoms with Crippen LogP contribution < -0.4 is 10.5 Å². The molecule has 1 fully saturated rings. The maximum absolute atomic E-state index is 12.3. The molecule has 4 heteroatoms. The van der Waals surface area contributed by atoms with Crippen LogP contribution >= 0.6 is 0 Å². The standard InChI is InChI=1S/C16H24N2O2/c17-11-12-18(14-6-4-5-7-14)16(19)10-13-20-15-8-2-1-3-9-15/h1-3,8-9,14H,4-7,10-13,17H2. The lowest BCUT2D eigenvalue weighted by atomic mass is 10.2. The van der Waals surface area contributed by atoms with E-state index in [0.717, 1.165) is 18.6 Å². The van der Waals surface area contributed by atoms with Crippen molar-refractivity contribution in [2.45, 2.75) is 38.1 Å². The number of hydrogen-bond donors (Lipinski definition) is 1. The molecule has 2 N–H and O–H groups in total. The highest BCUT2D eigenvalue weighted by Gasteiger charge is 2.25. The highest BCUT2D eigenvalue weighted by molar-refractivity contribution is 5.76. The Morgan fingerprint density at radius 2 is 1.95 bits per heavy atom. The van der Waals surface area contributed by atoms with Gasteiger partial charge in [0.15, 0.2) is 0 Å². The molecule has 1 saturated carbocycles. The van der Waals surface area contributed by atoms with Crippen LogP contribution in [0.25, 0.3) is 0 Å². The predicted molar refractivity (Wildman–Crippen MR) is 79.6 cm³/mol. The number of hydrogen-bond acceptors (Lipinski definition) is 3. The summed E-state index contributed by atoms with van der Waals surface area (Å²) >= 11 is 0. The van der Waals surface area contributed by atoms with Crippen molar-refractivity contribution in [1.82, 2.24) is 4.90 Å². The van der Waals surface area contributed by atoms with E-state index >= 15 is 0 Å². The molecule has 0 unspecified atom stereocenters. The Balaban J connectivity index is 1.79. The molecule has 1 aromatic rings. The van der Waals surface area contributed by atoms with E-state index in [9.17, 15) is 4.79 Å². The van der Waals surface area contributed by atoms with Crippen molar-refractivity contribution in [3.63, 3.8) is 0 Å². The Morgan fingerprint density at radius 3 is 2.60 bits per heavy atom. The van der Waals surface area contributed by atoms with Crippen molar-refractivity contribution in [2.24, 2.45) is 5.73 Å². The van der Waals surface area contributed by atoms with E-state index in [1.807, 2.05) is 35.2 Å². The Hall–Kier alpha value is -1.55. The zero-order valence-corrected chi connectivity index (χ0v) is 12.0. The van der Waals surface area contributed by atoms with Gasteiger partial charge in [0.2, 0.25) is 5.91 Å². The molecule has 1 aliphatic carbocycles. The second-order valence-electron chi connectivity index (χ2n) is 5.23. The summed E-state index contributed by atoms with van der Waals surface area (Å²) in [5, 5.41) is 0. The van der Waals surface area contributed by atoms with Crippen molar-refractivity contribution in [2.75, 3.05) is 19.7 Å². The van der Waals surface area contributed by atoms with Crippen LogP contribution in [0.15, 0.2) is 30.3 Å². The molecular formula is C16H24N2O2. The van der Waals surface area contributed by atoms with E-state index in [1.54, 1.807) is 0 Å². The van der Waals surface area contributed by atoms with Crippen LogP contribution in [0.1, 0.15) is 32.1 Å². The van der Waals surface area contributed by atoms with Gasteiger partial charge in [0.05, 0.1) is 13.0 Å². The minimum Gasteiger partial charge on any atom is -0.493 e. The van der Waals surface area contributed by atoms with E-state index in [1.165, 1.54) is 12.8 Å². The average Bonchev–Trinajstić information content (AvgIpc) is 2.99. The number of benzene rings is 1. The Bertz CT molecular complexity index is 402. The number of rotatable bonds is 7. The number of carbonyl (C=O) groups excluding carboxylic acids is 1. The summed E-state index contributed by atoms with van der Waals surface area (Å²) in [6.07, 6.45) is 5.10. The zero-order valence-electron chi connectivity index (χ0n) is 12.0. The van der Waals surface area contributed by atoms with Gasteiger partial charge in [0, 0.05) is 19.1 Å². The topological polar surface area (TPSA) is 55.6 Å². The van der Waals surface area contributed by atoms with Crippen LogP contribution in [0.4, 0.5) is 0 Å². The van der Waals surface area contributed by atoms with Crippen molar-refractivity contribution < 1.29 is 9.53 Å². The van der Waals surface area contributed by atoms with E-state index in [-0.39, 0.29) is 5.91 Å². The first-order valence-corrected chi connectivity index (χ1v) is 7.48. The lowest BCUT2D eigenvalue weighted by molar-refractivity contribution is -0.133. The van der Waals surface area contributed by atoms with Crippen LogP contribution in [0.3, 0.4) is 0 Å². The number of para-hydroxylation sites is 1. The Labute approximate surface area is 120 Å². The third kappa shape index (κ3) is 4.23. The van der Waals surface area contributed by atoms with Gasteiger partial charge in [-0.15, -0.1) is 0 Å². The molecule has 0 saturated heterocycles. The lowest BCUT2D eigenvalue weighted by Gasteiger charge is -2.28. The smallest absolute Gasteiger partial charge is 0.226 e. The van der Waals surface area contributed by atoms with Gasteiger partial charge >= 0.3 is 0 Å². The predicted octanol–water partition coefficient (Wildman–Crippen LogP) is 2.19. The van der Waals surface area contributed by atoms with Crippen LogP contribution in [-0.4, -0.2) is 36.5 Å². The van der Waals surface area contributed by atoms with Gasteiger partial charge in [-0.3, -0.25) is 4.79 Å². The molecule has 0 radical (unpaired) electrons. The summed E-state index contributed by atoms with van der Waals surface area (Å²) in [4.78, 5) is 14.3. The summed E-state index contributed by atoms with van der Waals surface area (Å²) < 4.78 is 5.59. The van der Waals surface area contributed by atoms with E-state index in [2.05, 4.69) is 0 Å². The van der Waals surface area contributed by atoms with Gasteiger partial charge in [-0.25, -0.2) is 0 Å². The van der Waals surface area contributed by atoms with Gasteiger partial charge < -0.3 is 15.4 Å². The minimum atomic E-state index is 0.165. The molecule has 0 atom stereocenters. The summed E-state index contributed by atoms with van der Waals surface area (Å²) in [5.74, 6) is 0.977. The second kappa shape index (κ2) is 7.90. The molecule has 0 spiro atoms. The van der Waals surface area contributed by atoms with Gasteiger partial charge in [0.25, 0.3) is 0 Å². The first kappa shape index (κ1) is 14.9. The molecular weight excluding hydrogens is 252 g/mol. The van der Waals surface area contributed by atoms with Crippen LogP contribution in [0, 0.1) is 0 Å². The third-order valence-corrected chi connectivity index (χ3v) is 3.78. The summed E-state index contributed by atoms with van der Waals surface area (Å²) in [5.41, 5.74) is 5.63. The molecule has 4 nitrogen and oxygen atoms in total. The van der Waals surface area contributed by atoms with Gasteiger partial charge in [-0.05, 0) is 25.0 Å². The van der Waals surface area contributed by atoms with E-state index in [0.29, 0.717) is 32.2 Å². The summed E-state index contributed by atoms with van der Waals surface area (Å²) in [7, 11) is 0. The van der Waals surface area contributed by atoms with Crippen molar-refractivity contribution in [3.05, 3.63) is 30.3 Å². The largest absolute Gasteiger partial charge is 0.493 e. The highest BCUT2D eigenvalue weighted by atomic mass is 16.5. The van der Waals surface area contributed by atoms with Crippen LogP contribution in [0.5, 0.6) is 5.75 Å². The Morgan fingerprint density at radius 1 is 1.25 bits per heavy atom. The van der Waals surface area contributed by atoms with Crippen LogP contribution in [0.2, 0.25) is 0 Å². The SMILES string of the molecule is NCCN(C(=O)CCOc1ccccc1)C1CCCC1. The fourth-order valence-corrected chi connectivity index (χ4v) is 2.78. The second-order valence-corrected chi connectivity index (χ2v) is 5.23. The average molecular weight is 276 g/mol.